The molecule has 1 aliphatic heterocycles. The van der Waals surface area contributed by atoms with Gasteiger partial charge in [0.1, 0.15) is 0 Å². The molecule has 1 aliphatic rings. The van der Waals surface area contributed by atoms with Gasteiger partial charge < -0.3 is 15.7 Å². The number of piperazine rings is 1. The van der Waals surface area contributed by atoms with Crippen molar-refractivity contribution >= 4 is 5.97 Å². The van der Waals surface area contributed by atoms with Gasteiger partial charge in [-0.05, 0) is 12.1 Å². The average molecular weight is 207 g/mol. The molecular weight excluding hydrogens is 194 g/mol. The molecule has 1 aromatic rings. The van der Waals surface area contributed by atoms with E-state index in [1.807, 2.05) is 0 Å². The number of hydrogen-bond acceptors (Lipinski definition) is 4. The van der Waals surface area contributed by atoms with E-state index in [4.69, 9.17) is 5.11 Å². The molecule has 0 spiro atoms. The minimum absolute atomic E-state index is 0.00829. The van der Waals surface area contributed by atoms with Crippen LogP contribution < -0.4 is 10.6 Å². The zero-order valence-corrected chi connectivity index (χ0v) is 8.23. The number of hydrogen-bond donors (Lipinski definition) is 3. The fraction of sp³-hybridized carbons (Fsp3) is 0.400. The van der Waals surface area contributed by atoms with Crippen LogP contribution in [-0.4, -0.2) is 35.7 Å². The first-order chi connectivity index (χ1) is 7.29. The highest BCUT2D eigenvalue weighted by Gasteiger charge is 2.21. The van der Waals surface area contributed by atoms with Crippen LogP contribution in [0.4, 0.5) is 0 Å². The van der Waals surface area contributed by atoms with Gasteiger partial charge in [0.2, 0.25) is 0 Å². The van der Waals surface area contributed by atoms with Crippen molar-refractivity contribution < 1.29 is 9.90 Å². The standard InChI is InChI=1S/C10H13N3O2/c14-10(15)7-2-1-3-13-9(7)8-6-11-4-5-12-8/h1-3,8,11-12H,4-6H2,(H,14,15). The second kappa shape index (κ2) is 4.37. The monoisotopic (exact) mass is 207 g/mol. The third kappa shape index (κ3) is 2.14. The Hall–Kier alpha value is -1.46. The van der Waals surface area contributed by atoms with Gasteiger partial charge >= 0.3 is 5.97 Å². The third-order valence-electron chi connectivity index (χ3n) is 2.44. The molecule has 5 nitrogen and oxygen atoms in total. The summed E-state index contributed by atoms with van der Waals surface area (Å²) in [5, 5.41) is 15.5. The Bertz CT molecular complexity index is 361. The number of aromatic carboxylic acids is 1. The van der Waals surface area contributed by atoms with Crippen LogP contribution in [0.5, 0.6) is 0 Å². The number of carboxylic acids is 1. The Kier molecular flexibility index (Phi) is 2.94. The zero-order valence-electron chi connectivity index (χ0n) is 8.23. The van der Waals surface area contributed by atoms with Crippen LogP contribution in [-0.2, 0) is 0 Å². The van der Waals surface area contributed by atoms with Crippen LogP contribution in [0.3, 0.4) is 0 Å². The minimum atomic E-state index is -0.925. The predicted molar refractivity (Wildman–Crippen MR) is 54.8 cm³/mol. The Labute approximate surface area is 87.5 Å². The van der Waals surface area contributed by atoms with Gasteiger partial charge in [0.25, 0.3) is 0 Å². The Morgan fingerprint density at radius 1 is 1.53 bits per heavy atom. The van der Waals surface area contributed by atoms with E-state index in [0.29, 0.717) is 5.69 Å². The van der Waals surface area contributed by atoms with Crippen molar-refractivity contribution in [2.45, 2.75) is 6.04 Å². The summed E-state index contributed by atoms with van der Waals surface area (Å²) in [6.45, 7) is 2.46. The van der Waals surface area contributed by atoms with Gasteiger partial charge in [-0.1, -0.05) is 0 Å². The smallest absolute Gasteiger partial charge is 0.337 e. The molecule has 2 heterocycles. The van der Waals surface area contributed by atoms with Crippen LogP contribution >= 0.6 is 0 Å². The second-order valence-corrected chi connectivity index (χ2v) is 3.45. The lowest BCUT2D eigenvalue weighted by molar-refractivity contribution is 0.0694. The van der Waals surface area contributed by atoms with E-state index in [1.54, 1.807) is 18.3 Å². The minimum Gasteiger partial charge on any atom is -0.478 e. The third-order valence-corrected chi connectivity index (χ3v) is 2.44. The topological polar surface area (TPSA) is 74.2 Å². The van der Waals surface area contributed by atoms with Crippen molar-refractivity contribution in [1.29, 1.82) is 0 Å². The normalized spacial score (nSPS) is 21.2. The van der Waals surface area contributed by atoms with E-state index in [2.05, 4.69) is 15.6 Å². The van der Waals surface area contributed by atoms with Crippen molar-refractivity contribution in [3.8, 4) is 0 Å². The lowest BCUT2D eigenvalue weighted by Crippen LogP contribution is -2.43. The molecule has 1 unspecified atom stereocenters. The molecule has 0 amide bonds. The van der Waals surface area contributed by atoms with Crippen LogP contribution in [0.15, 0.2) is 18.3 Å². The highest BCUT2D eigenvalue weighted by atomic mass is 16.4. The van der Waals surface area contributed by atoms with Crippen LogP contribution in [0.2, 0.25) is 0 Å². The summed E-state index contributed by atoms with van der Waals surface area (Å²) in [4.78, 5) is 15.1. The summed E-state index contributed by atoms with van der Waals surface area (Å²) >= 11 is 0. The lowest BCUT2D eigenvalue weighted by Gasteiger charge is -2.24. The fourth-order valence-electron chi connectivity index (χ4n) is 1.72. The van der Waals surface area contributed by atoms with Crippen molar-refractivity contribution in [3.63, 3.8) is 0 Å². The molecule has 15 heavy (non-hydrogen) atoms. The van der Waals surface area contributed by atoms with Gasteiger partial charge in [0.05, 0.1) is 17.3 Å². The number of nitrogens with zero attached hydrogens (tertiary/aromatic N) is 1. The van der Waals surface area contributed by atoms with Gasteiger partial charge in [-0.2, -0.15) is 0 Å². The largest absolute Gasteiger partial charge is 0.478 e. The van der Waals surface area contributed by atoms with Gasteiger partial charge in [0.15, 0.2) is 0 Å². The summed E-state index contributed by atoms with van der Waals surface area (Å²) in [6, 6.07) is 3.22. The van der Waals surface area contributed by atoms with Gasteiger partial charge in [-0.15, -0.1) is 0 Å². The molecule has 0 saturated carbocycles. The zero-order chi connectivity index (χ0) is 10.7. The summed E-state index contributed by atoms with van der Waals surface area (Å²) in [5.41, 5.74) is 0.885. The Morgan fingerprint density at radius 2 is 2.40 bits per heavy atom. The molecule has 0 aromatic carbocycles. The fourth-order valence-corrected chi connectivity index (χ4v) is 1.72. The number of carbonyl (C=O) groups is 1. The SMILES string of the molecule is O=C(O)c1cccnc1C1CNCCN1. The van der Waals surface area contributed by atoms with E-state index in [-0.39, 0.29) is 11.6 Å². The quantitative estimate of drug-likeness (QED) is 0.637. The molecule has 80 valence electrons. The number of nitrogens with one attached hydrogen (secondary N) is 2. The lowest BCUT2D eigenvalue weighted by atomic mass is 10.1. The van der Waals surface area contributed by atoms with E-state index in [9.17, 15) is 4.79 Å². The van der Waals surface area contributed by atoms with E-state index in [0.717, 1.165) is 19.6 Å². The second-order valence-electron chi connectivity index (χ2n) is 3.45. The molecule has 5 heteroatoms. The maximum Gasteiger partial charge on any atom is 0.337 e. The van der Waals surface area contributed by atoms with E-state index in [1.165, 1.54) is 0 Å². The highest BCUT2D eigenvalue weighted by Crippen LogP contribution is 2.15. The Morgan fingerprint density at radius 3 is 3.07 bits per heavy atom. The molecule has 0 aliphatic carbocycles. The molecule has 1 saturated heterocycles. The Balaban J connectivity index is 2.29. The van der Waals surface area contributed by atoms with Crippen molar-refractivity contribution in [3.05, 3.63) is 29.6 Å². The van der Waals surface area contributed by atoms with Crippen molar-refractivity contribution in [2.24, 2.45) is 0 Å². The summed E-state index contributed by atoms with van der Waals surface area (Å²) in [7, 11) is 0. The molecule has 0 radical (unpaired) electrons. The number of aromatic nitrogens is 1. The van der Waals surface area contributed by atoms with E-state index >= 15 is 0 Å². The molecule has 2 rings (SSSR count). The van der Waals surface area contributed by atoms with Gasteiger partial charge in [-0.25, -0.2) is 4.79 Å². The van der Waals surface area contributed by atoms with Crippen LogP contribution in [0.1, 0.15) is 22.1 Å². The van der Waals surface area contributed by atoms with E-state index < -0.39 is 5.97 Å². The summed E-state index contributed by atoms with van der Waals surface area (Å²) in [6.07, 6.45) is 1.62. The number of carboxylic acid groups (broad SMARTS) is 1. The molecule has 1 atom stereocenters. The summed E-state index contributed by atoms with van der Waals surface area (Å²) in [5.74, 6) is -0.925. The maximum absolute atomic E-state index is 11.0. The first-order valence-electron chi connectivity index (χ1n) is 4.91. The average Bonchev–Trinajstić information content (AvgIpc) is 2.30. The first-order valence-corrected chi connectivity index (χ1v) is 4.91. The number of rotatable bonds is 2. The predicted octanol–water partition coefficient (Wildman–Crippen LogP) is 0.0137. The molecule has 0 bridgehead atoms. The molecule has 1 fully saturated rings. The first kappa shape index (κ1) is 10.1. The van der Waals surface area contributed by atoms with Crippen molar-refractivity contribution in [1.82, 2.24) is 15.6 Å². The summed E-state index contributed by atoms with van der Waals surface area (Å²) < 4.78 is 0. The molecular formula is C10H13N3O2. The maximum atomic E-state index is 11.0. The molecule has 1 aromatic heterocycles. The van der Waals surface area contributed by atoms with Crippen LogP contribution in [0, 0.1) is 0 Å². The van der Waals surface area contributed by atoms with Crippen LogP contribution in [0.25, 0.3) is 0 Å². The number of pyridine rings is 1. The van der Waals surface area contributed by atoms with Gasteiger partial charge in [-0.3, -0.25) is 4.98 Å². The molecule has 3 N–H and O–H groups in total. The van der Waals surface area contributed by atoms with Gasteiger partial charge in [0, 0.05) is 25.8 Å². The van der Waals surface area contributed by atoms with Crippen molar-refractivity contribution in [2.75, 3.05) is 19.6 Å². The highest BCUT2D eigenvalue weighted by molar-refractivity contribution is 5.88.